The molecule has 1 saturated heterocycles. The van der Waals surface area contributed by atoms with Gasteiger partial charge in [0.25, 0.3) is 5.56 Å². The number of aryl methyl sites for hydroxylation is 2. The molecule has 2 heterocycles. The lowest BCUT2D eigenvalue weighted by Crippen LogP contribution is -2.37. The van der Waals surface area contributed by atoms with E-state index in [0.29, 0.717) is 12.5 Å². The molecular weight excluding hydrogens is 316 g/mol. The first kappa shape index (κ1) is 17.6. The average molecular weight is 342 g/mol. The number of anilines is 1. The zero-order valence-electron chi connectivity index (χ0n) is 14.8. The van der Waals surface area contributed by atoms with Crippen LogP contribution in [0.5, 0.6) is 0 Å². The second-order valence-corrected chi connectivity index (χ2v) is 6.42. The molecule has 0 atom stereocenters. The number of nitrogens with zero attached hydrogens (tertiary/aromatic N) is 2. The van der Waals surface area contributed by atoms with Crippen LogP contribution < -0.4 is 10.9 Å². The number of hydrogen-bond donors (Lipinski definition) is 2. The maximum absolute atomic E-state index is 11.9. The number of nitrogens with one attached hydrogen (secondary N) is 2. The largest absolute Gasteiger partial charge is 0.379 e. The quantitative estimate of drug-likeness (QED) is 0.805. The van der Waals surface area contributed by atoms with Gasteiger partial charge in [-0.15, -0.1) is 0 Å². The van der Waals surface area contributed by atoms with Crippen LogP contribution in [0.1, 0.15) is 23.2 Å². The summed E-state index contributed by atoms with van der Waals surface area (Å²) in [6, 6.07) is 9.79. The number of rotatable bonds is 7. The lowest BCUT2D eigenvalue weighted by molar-refractivity contribution is 0.0374. The maximum Gasteiger partial charge on any atom is 0.252 e. The van der Waals surface area contributed by atoms with Gasteiger partial charge in [0.1, 0.15) is 0 Å². The highest BCUT2D eigenvalue weighted by Gasteiger charge is 2.10. The van der Waals surface area contributed by atoms with Crippen LogP contribution in [0.15, 0.2) is 35.1 Å². The highest BCUT2D eigenvalue weighted by Crippen LogP contribution is 2.09. The lowest BCUT2D eigenvalue weighted by atomic mass is 10.1. The summed E-state index contributed by atoms with van der Waals surface area (Å²) >= 11 is 0. The molecule has 0 bridgehead atoms. The maximum atomic E-state index is 11.9. The Bertz CT molecular complexity index is 738. The van der Waals surface area contributed by atoms with E-state index < -0.39 is 0 Å². The van der Waals surface area contributed by atoms with Gasteiger partial charge in [0, 0.05) is 31.4 Å². The summed E-state index contributed by atoms with van der Waals surface area (Å²) in [5.74, 6) is 0.539. The fourth-order valence-corrected chi connectivity index (χ4v) is 3.02. The van der Waals surface area contributed by atoms with E-state index in [9.17, 15) is 4.79 Å². The van der Waals surface area contributed by atoms with Crippen molar-refractivity contribution in [2.24, 2.45) is 0 Å². The Hall–Kier alpha value is -2.18. The molecule has 1 aromatic heterocycles. The molecule has 0 amide bonds. The van der Waals surface area contributed by atoms with E-state index in [1.807, 2.05) is 12.1 Å². The van der Waals surface area contributed by atoms with Crippen molar-refractivity contribution >= 4 is 5.95 Å². The predicted molar refractivity (Wildman–Crippen MR) is 98.9 cm³/mol. The summed E-state index contributed by atoms with van der Waals surface area (Å²) in [5, 5.41) is 3.23. The first-order chi connectivity index (χ1) is 12.2. The second-order valence-electron chi connectivity index (χ2n) is 6.42. The first-order valence-corrected chi connectivity index (χ1v) is 8.89. The van der Waals surface area contributed by atoms with Crippen molar-refractivity contribution in [3.8, 4) is 0 Å². The Morgan fingerprint density at radius 2 is 2.08 bits per heavy atom. The van der Waals surface area contributed by atoms with Crippen LogP contribution in [0.3, 0.4) is 0 Å². The monoisotopic (exact) mass is 342 g/mol. The minimum Gasteiger partial charge on any atom is -0.379 e. The van der Waals surface area contributed by atoms with Crippen LogP contribution in [-0.4, -0.2) is 47.7 Å². The number of benzene rings is 1. The lowest BCUT2D eigenvalue weighted by Gasteiger charge is -2.26. The standard InChI is InChI=1S/C19H26N4O2/c1-15-5-2-3-6-16(15)14-20-19-21-17(13-18(24)22-19)7-4-8-23-9-11-25-12-10-23/h2-3,5-6,13H,4,7-12,14H2,1H3,(H2,20,21,22,24). The molecule has 0 unspecified atom stereocenters. The van der Waals surface area contributed by atoms with Crippen molar-refractivity contribution < 1.29 is 4.74 Å². The zero-order chi connectivity index (χ0) is 17.5. The Balaban J connectivity index is 1.54. The zero-order valence-corrected chi connectivity index (χ0v) is 14.8. The van der Waals surface area contributed by atoms with E-state index in [2.05, 4.69) is 39.2 Å². The Morgan fingerprint density at radius 1 is 1.28 bits per heavy atom. The summed E-state index contributed by atoms with van der Waals surface area (Å²) in [4.78, 5) is 21.6. The van der Waals surface area contributed by atoms with Gasteiger partial charge in [0.15, 0.2) is 0 Å². The molecule has 25 heavy (non-hydrogen) atoms. The van der Waals surface area contributed by atoms with E-state index in [0.717, 1.165) is 51.4 Å². The van der Waals surface area contributed by atoms with Crippen LogP contribution in [0.4, 0.5) is 5.95 Å². The first-order valence-electron chi connectivity index (χ1n) is 8.89. The molecule has 0 radical (unpaired) electrons. The number of H-pyrrole nitrogens is 1. The Morgan fingerprint density at radius 3 is 2.88 bits per heavy atom. The predicted octanol–water partition coefficient (Wildman–Crippen LogP) is 1.96. The summed E-state index contributed by atoms with van der Waals surface area (Å²) < 4.78 is 5.36. The molecule has 6 nitrogen and oxygen atoms in total. The smallest absolute Gasteiger partial charge is 0.252 e. The SMILES string of the molecule is Cc1ccccc1CNc1nc(CCCN2CCOCC2)cc(=O)[nH]1. The van der Waals surface area contributed by atoms with Gasteiger partial charge in [0.2, 0.25) is 5.95 Å². The van der Waals surface area contributed by atoms with E-state index >= 15 is 0 Å². The molecule has 0 saturated carbocycles. The van der Waals surface area contributed by atoms with Crippen LogP contribution in [0.25, 0.3) is 0 Å². The van der Waals surface area contributed by atoms with Crippen LogP contribution in [-0.2, 0) is 17.7 Å². The molecule has 6 heteroatoms. The topological polar surface area (TPSA) is 70.2 Å². The van der Waals surface area contributed by atoms with E-state index in [-0.39, 0.29) is 5.56 Å². The molecule has 1 aromatic carbocycles. The van der Waals surface area contributed by atoms with Gasteiger partial charge in [-0.3, -0.25) is 14.7 Å². The fraction of sp³-hybridized carbons (Fsp3) is 0.474. The molecule has 2 N–H and O–H groups in total. The van der Waals surface area contributed by atoms with Gasteiger partial charge in [-0.1, -0.05) is 24.3 Å². The summed E-state index contributed by atoms with van der Waals surface area (Å²) in [6.07, 6.45) is 1.80. The molecule has 0 spiro atoms. The highest BCUT2D eigenvalue weighted by molar-refractivity contribution is 5.32. The van der Waals surface area contributed by atoms with Gasteiger partial charge in [0.05, 0.1) is 13.2 Å². The van der Waals surface area contributed by atoms with Gasteiger partial charge < -0.3 is 10.1 Å². The fourth-order valence-electron chi connectivity index (χ4n) is 3.02. The third-order valence-electron chi connectivity index (χ3n) is 4.51. The van der Waals surface area contributed by atoms with E-state index in [1.165, 1.54) is 11.1 Å². The minimum absolute atomic E-state index is 0.108. The normalized spacial score (nSPS) is 15.2. The minimum atomic E-state index is -0.108. The number of hydrogen-bond acceptors (Lipinski definition) is 5. The van der Waals surface area contributed by atoms with E-state index in [1.54, 1.807) is 6.07 Å². The third-order valence-corrected chi connectivity index (χ3v) is 4.51. The number of aromatic amines is 1. The van der Waals surface area contributed by atoms with Crippen molar-refractivity contribution in [2.45, 2.75) is 26.3 Å². The average Bonchev–Trinajstić information content (AvgIpc) is 2.62. The van der Waals surface area contributed by atoms with Gasteiger partial charge in [-0.05, 0) is 37.4 Å². The van der Waals surface area contributed by atoms with Crippen LogP contribution >= 0.6 is 0 Å². The van der Waals surface area contributed by atoms with Crippen molar-refractivity contribution in [3.63, 3.8) is 0 Å². The Labute approximate surface area is 148 Å². The van der Waals surface area contributed by atoms with E-state index in [4.69, 9.17) is 4.74 Å². The van der Waals surface area contributed by atoms with Crippen molar-refractivity contribution in [2.75, 3.05) is 38.2 Å². The molecule has 0 aliphatic carbocycles. The van der Waals surface area contributed by atoms with Gasteiger partial charge in [-0.25, -0.2) is 4.98 Å². The van der Waals surface area contributed by atoms with Crippen LogP contribution in [0.2, 0.25) is 0 Å². The summed E-state index contributed by atoms with van der Waals surface area (Å²) in [5.41, 5.74) is 3.15. The third kappa shape index (κ3) is 5.41. The number of aromatic nitrogens is 2. The molecule has 3 rings (SSSR count). The summed E-state index contributed by atoms with van der Waals surface area (Å²) in [6.45, 7) is 7.36. The van der Waals surface area contributed by atoms with Crippen LogP contribution in [0, 0.1) is 6.92 Å². The van der Waals surface area contributed by atoms with Gasteiger partial charge >= 0.3 is 0 Å². The van der Waals surface area contributed by atoms with Crippen molar-refractivity contribution in [3.05, 3.63) is 57.5 Å². The number of morpholine rings is 1. The molecule has 134 valence electrons. The second kappa shape index (κ2) is 8.78. The molecule has 1 aliphatic rings. The molecule has 1 fully saturated rings. The Kier molecular flexibility index (Phi) is 6.19. The summed E-state index contributed by atoms with van der Waals surface area (Å²) in [7, 11) is 0. The van der Waals surface area contributed by atoms with Crippen molar-refractivity contribution in [1.82, 2.24) is 14.9 Å². The molecule has 1 aliphatic heterocycles. The van der Waals surface area contributed by atoms with Crippen molar-refractivity contribution in [1.29, 1.82) is 0 Å². The van der Waals surface area contributed by atoms with Gasteiger partial charge in [-0.2, -0.15) is 0 Å². The molecular formula is C19H26N4O2. The highest BCUT2D eigenvalue weighted by atomic mass is 16.5. The molecule has 2 aromatic rings. The number of ether oxygens (including phenoxy) is 1.